The molecule has 100 valence electrons. The molecular formula is C15H18ClN3. The van der Waals surface area contributed by atoms with Crippen LogP contribution in [-0.2, 0) is 12.8 Å². The molecule has 0 radical (unpaired) electrons. The summed E-state index contributed by atoms with van der Waals surface area (Å²) in [6.07, 6.45) is 4.41. The van der Waals surface area contributed by atoms with Gasteiger partial charge in [0.25, 0.3) is 0 Å². The lowest BCUT2D eigenvalue weighted by Gasteiger charge is -2.11. The molecule has 0 aliphatic carbocycles. The Balaban J connectivity index is 2.24. The number of halogens is 1. The number of aromatic nitrogens is 2. The third-order valence-corrected chi connectivity index (χ3v) is 3.34. The van der Waals surface area contributed by atoms with Crippen LogP contribution in [0.5, 0.6) is 0 Å². The summed E-state index contributed by atoms with van der Waals surface area (Å²) in [5, 5.41) is 3.85. The summed E-state index contributed by atoms with van der Waals surface area (Å²) in [5.41, 5.74) is 3.32. The third-order valence-electron chi connectivity index (χ3n) is 3.02. The van der Waals surface area contributed by atoms with Gasteiger partial charge in [0, 0.05) is 11.3 Å². The van der Waals surface area contributed by atoms with Gasteiger partial charge in [-0.2, -0.15) is 0 Å². The molecule has 4 heteroatoms. The molecule has 2 rings (SSSR count). The van der Waals surface area contributed by atoms with Crippen LogP contribution < -0.4 is 5.32 Å². The Labute approximate surface area is 119 Å². The highest BCUT2D eigenvalue weighted by Gasteiger charge is 2.09. The van der Waals surface area contributed by atoms with Gasteiger partial charge in [0.15, 0.2) is 0 Å². The van der Waals surface area contributed by atoms with Gasteiger partial charge in [-0.25, -0.2) is 9.97 Å². The molecule has 0 saturated heterocycles. The summed E-state index contributed by atoms with van der Waals surface area (Å²) in [5.74, 6) is 0.797. The van der Waals surface area contributed by atoms with Crippen LogP contribution in [0, 0.1) is 0 Å². The van der Waals surface area contributed by atoms with E-state index in [4.69, 9.17) is 11.6 Å². The topological polar surface area (TPSA) is 37.8 Å². The first-order valence-corrected chi connectivity index (χ1v) is 6.97. The first-order chi connectivity index (χ1) is 9.24. The van der Waals surface area contributed by atoms with E-state index < -0.39 is 0 Å². The fourth-order valence-electron chi connectivity index (χ4n) is 1.93. The molecule has 1 aromatic heterocycles. The van der Waals surface area contributed by atoms with Crippen molar-refractivity contribution in [2.75, 3.05) is 5.32 Å². The Bertz CT molecular complexity index is 538. The average molecular weight is 276 g/mol. The molecule has 0 spiro atoms. The summed E-state index contributed by atoms with van der Waals surface area (Å²) in [7, 11) is 0. The molecule has 2 aromatic rings. The van der Waals surface area contributed by atoms with Crippen LogP contribution in [0.3, 0.4) is 0 Å². The lowest BCUT2D eigenvalue weighted by molar-refractivity contribution is 0.904. The number of nitrogens with zero attached hydrogens (tertiary/aromatic N) is 2. The number of rotatable bonds is 5. The Morgan fingerprint density at radius 3 is 2.47 bits per heavy atom. The maximum absolute atomic E-state index is 6.13. The predicted octanol–water partition coefficient (Wildman–Crippen LogP) is 4.39. The van der Waals surface area contributed by atoms with E-state index in [2.05, 4.69) is 53.4 Å². The van der Waals surface area contributed by atoms with Gasteiger partial charge >= 0.3 is 0 Å². The van der Waals surface area contributed by atoms with Crippen LogP contribution in [0.2, 0.25) is 5.15 Å². The van der Waals surface area contributed by atoms with Gasteiger partial charge in [-0.1, -0.05) is 44.0 Å². The molecule has 3 nitrogen and oxygen atoms in total. The van der Waals surface area contributed by atoms with Gasteiger partial charge in [-0.05, 0) is 30.5 Å². The van der Waals surface area contributed by atoms with E-state index in [-0.39, 0.29) is 0 Å². The summed E-state index contributed by atoms with van der Waals surface area (Å²) < 4.78 is 0. The minimum atomic E-state index is 0.532. The highest BCUT2D eigenvalue weighted by Crippen LogP contribution is 2.24. The zero-order valence-electron chi connectivity index (χ0n) is 11.3. The van der Waals surface area contributed by atoms with Crippen LogP contribution in [0.25, 0.3) is 0 Å². The van der Waals surface area contributed by atoms with Gasteiger partial charge in [0.2, 0.25) is 0 Å². The van der Waals surface area contributed by atoms with Gasteiger partial charge in [0.1, 0.15) is 17.3 Å². The van der Waals surface area contributed by atoms with Crippen molar-refractivity contribution in [3.8, 4) is 0 Å². The molecular weight excluding hydrogens is 258 g/mol. The predicted molar refractivity (Wildman–Crippen MR) is 80.1 cm³/mol. The van der Waals surface area contributed by atoms with Crippen molar-refractivity contribution in [3.63, 3.8) is 0 Å². The summed E-state index contributed by atoms with van der Waals surface area (Å²) in [6.45, 7) is 4.26. The van der Waals surface area contributed by atoms with Crippen LogP contribution in [0.1, 0.15) is 31.4 Å². The Morgan fingerprint density at radius 2 is 1.84 bits per heavy atom. The highest BCUT2D eigenvalue weighted by atomic mass is 35.5. The van der Waals surface area contributed by atoms with Gasteiger partial charge < -0.3 is 5.32 Å². The van der Waals surface area contributed by atoms with Crippen molar-refractivity contribution in [3.05, 3.63) is 46.9 Å². The zero-order valence-corrected chi connectivity index (χ0v) is 12.0. The standard InChI is InChI=1S/C15H18ClN3/c1-3-5-13-14(16)17-10-18-15(13)19-12-8-6-11(4-2)7-9-12/h6-10H,3-5H2,1-2H3,(H,17,18,19). The van der Waals surface area contributed by atoms with Crippen molar-refractivity contribution < 1.29 is 0 Å². The molecule has 1 aromatic carbocycles. The molecule has 0 atom stereocenters. The fourth-order valence-corrected chi connectivity index (χ4v) is 2.16. The van der Waals surface area contributed by atoms with Crippen molar-refractivity contribution in [2.24, 2.45) is 0 Å². The molecule has 0 unspecified atom stereocenters. The van der Waals surface area contributed by atoms with Crippen molar-refractivity contribution in [1.82, 2.24) is 9.97 Å². The minimum Gasteiger partial charge on any atom is -0.340 e. The van der Waals surface area contributed by atoms with E-state index in [1.807, 2.05) is 0 Å². The second-order valence-corrected chi connectivity index (χ2v) is 4.78. The summed E-state index contributed by atoms with van der Waals surface area (Å²) in [4.78, 5) is 8.33. The van der Waals surface area contributed by atoms with Gasteiger partial charge in [-0.3, -0.25) is 0 Å². The molecule has 1 N–H and O–H groups in total. The number of nitrogens with one attached hydrogen (secondary N) is 1. The Kier molecular flexibility index (Phi) is 4.74. The van der Waals surface area contributed by atoms with Crippen molar-refractivity contribution in [1.29, 1.82) is 0 Å². The monoisotopic (exact) mass is 275 g/mol. The molecule has 0 aliphatic heterocycles. The van der Waals surface area contributed by atoms with E-state index in [0.29, 0.717) is 5.15 Å². The quantitative estimate of drug-likeness (QED) is 0.823. The lowest BCUT2D eigenvalue weighted by atomic mass is 10.1. The molecule has 0 bridgehead atoms. The fraction of sp³-hybridized carbons (Fsp3) is 0.333. The zero-order chi connectivity index (χ0) is 13.7. The number of aryl methyl sites for hydroxylation is 1. The summed E-state index contributed by atoms with van der Waals surface area (Å²) in [6, 6.07) is 8.35. The molecule has 0 amide bonds. The Hall–Kier alpha value is -1.61. The van der Waals surface area contributed by atoms with Crippen LogP contribution in [0.4, 0.5) is 11.5 Å². The van der Waals surface area contributed by atoms with Gasteiger partial charge in [0.05, 0.1) is 0 Å². The minimum absolute atomic E-state index is 0.532. The molecule has 19 heavy (non-hydrogen) atoms. The van der Waals surface area contributed by atoms with E-state index in [9.17, 15) is 0 Å². The molecule has 0 aliphatic rings. The first kappa shape index (κ1) is 13.8. The third kappa shape index (κ3) is 3.44. The smallest absolute Gasteiger partial charge is 0.138 e. The lowest BCUT2D eigenvalue weighted by Crippen LogP contribution is -2.01. The molecule has 0 saturated carbocycles. The highest BCUT2D eigenvalue weighted by molar-refractivity contribution is 6.30. The van der Waals surface area contributed by atoms with E-state index in [0.717, 1.165) is 36.3 Å². The average Bonchev–Trinajstić information content (AvgIpc) is 2.43. The SMILES string of the molecule is CCCc1c(Cl)ncnc1Nc1ccc(CC)cc1. The largest absolute Gasteiger partial charge is 0.340 e. The van der Waals surface area contributed by atoms with Crippen LogP contribution in [0.15, 0.2) is 30.6 Å². The first-order valence-electron chi connectivity index (χ1n) is 6.60. The molecule has 1 heterocycles. The van der Waals surface area contributed by atoms with E-state index in [1.165, 1.54) is 11.9 Å². The second kappa shape index (κ2) is 6.53. The molecule has 0 fully saturated rings. The number of hydrogen-bond donors (Lipinski definition) is 1. The van der Waals surface area contributed by atoms with Gasteiger partial charge in [-0.15, -0.1) is 0 Å². The Morgan fingerprint density at radius 1 is 1.11 bits per heavy atom. The van der Waals surface area contributed by atoms with Crippen molar-refractivity contribution >= 4 is 23.1 Å². The number of benzene rings is 1. The van der Waals surface area contributed by atoms with Crippen LogP contribution in [-0.4, -0.2) is 9.97 Å². The maximum atomic E-state index is 6.13. The van der Waals surface area contributed by atoms with E-state index >= 15 is 0 Å². The maximum Gasteiger partial charge on any atom is 0.138 e. The normalized spacial score (nSPS) is 10.5. The summed E-state index contributed by atoms with van der Waals surface area (Å²) >= 11 is 6.13. The van der Waals surface area contributed by atoms with Crippen LogP contribution >= 0.6 is 11.6 Å². The number of anilines is 2. The second-order valence-electron chi connectivity index (χ2n) is 4.42. The van der Waals surface area contributed by atoms with E-state index in [1.54, 1.807) is 0 Å². The van der Waals surface area contributed by atoms with Crippen molar-refractivity contribution in [2.45, 2.75) is 33.1 Å². The number of hydrogen-bond acceptors (Lipinski definition) is 3.